The summed E-state index contributed by atoms with van der Waals surface area (Å²) in [4.78, 5) is 31.0. The summed E-state index contributed by atoms with van der Waals surface area (Å²) in [5.41, 5.74) is 2.42. The second-order valence-corrected chi connectivity index (χ2v) is 8.77. The predicted molar refractivity (Wildman–Crippen MR) is 131 cm³/mol. The largest absolute Gasteiger partial charge is 0.497 e. The van der Waals surface area contributed by atoms with Gasteiger partial charge in [0.15, 0.2) is 0 Å². The van der Waals surface area contributed by atoms with Gasteiger partial charge < -0.3 is 4.74 Å². The van der Waals surface area contributed by atoms with Gasteiger partial charge in [0, 0.05) is 28.6 Å². The molecule has 0 aliphatic carbocycles. The maximum Gasteiger partial charge on any atom is 0.269 e. The van der Waals surface area contributed by atoms with Crippen LogP contribution in [0.2, 0.25) is 5.02 Å². The Kier molecular flexibility index (Phi) is 6.65. The standard InChI is InChI=1S/C26H24ClN3O4/c1-16(2)26(31)29-24(18-4-10-20(27)11-5-18)23(17-6-12-21(13-7-17)30(32)33)28-25(29)19-8-14-22(34-3)15-9-19/h4-16,23-24H,1-3H3. The first-order valence-corrected chi connectivity index (χ1v) is 11.2. The Balaban J connectivity index is 1.88. The smallest absolute Gasteiger partial charge is 0.269 e. The van der Waals surface area contributed by atoms with E-state index in [0.29, 0.717) is 16.6 Å². The van der Waals surface area contributed by atoms with Crippen LogP contribution in [0.5, 0.6) is 5.75 Å². The summed E-state index contributed by atoms with van der Waals surface area (Å²) in [5, 5.41) is 11.7. The van der Waals surface area contributed by atoms with Crippen LogP contribution in [0.25, 0.3) is 0 Å². The number of non-ortho nitro benzene ring substituents is 1. The van der Waals surface area contributed by atoms with Crippen LogP contribution in [0, 0.1) is 16.0 Å². The molecule has 0 aromatic heterocycles. The summed E-state index contributed by atoms with van der Waals surface area (Å²) in [6.07, 6.45) is 0. The Bertz CT molecular complexity index is 1220. The van der Waals surface area contributed by atoms with E-state index in [4.69, 9.17) is 21.3 Å². The number of benzene rings is 3. The second kappa shape index (κ2) is 9.65. The first-order chi connectivity index (χ1) is 16.3. The lowest BCUT2D eigenvalue weighted by Crippen LogP contribution is -2.40. The van der Waals surface area contributed by atoms with Crippen LogP contribution >= 0.6 is 11.6 Å². The maximum absolute atomic E-state index is 13.5. The molecule has 0 spiro atoms. The van der Waals surface area contributed by atoms with E-state index in [1.165, 1.54) is 12.1 Å². The van der Waals surface area contributed by atoms with Gasteiger partial charge >= 0.3 is 0 Å². The molecule has 0 radical (unpaired) electrons. The molecule has 0 saturated heterocycles. The second-order valence-electron chi connectivity index (χ2n) is 8.33. The van der Waals surface area contributed by atoms with Gasteiger partial charge in [0.2, 0.25) is 5.91 Å². The van der Waals surface area contributed by atoms with Crippen LogP contribution in [0.3, 0.4) is 0 Å². The van der Waals surface area contributed by atoms with Gasteiger partial charge in [-0.1, -0.05) is 37.6 Å². The van der Waals surface area contributed by atoms with Crippen molar-refractivity contribution in [2.24, 2.45) is 10.9 Å². The number of aliphatic imine (C=N–C) groups is 1. The summed E-state index contributed by atoms with van der Waals surface area (Å²) in [6.45, 7) is 3.71. The number of ether oxygens (including phenoxy) is 1. The molecule has 4 rings (SSSR count). The minimum atomic E-state index is -0.457. The number of hydrogen-bond acceptors (Lipinski definition) is 5. The number of hydrogen-bond donors (Lipinski definition) is 0. The monoisotopic (exact) mass is 477 g/mol. The highest BCUT2D eigenvalue weighted by Gasteiger charge is 2.42. The lowest BCUT2D eigenvalue weighted by Gasteiger charge is -2.31. The van der Waals surface area contributed by atoms with Gasteiger partial charge in [0.25, 0.3) is 5.69 Å². The molecule has 0 N–H and O–H groups in total. The van der Waals surface area contributed by atoms with E-state index >= 15 is 0 Å². The van der Waals surface area contributed by atoms with Crippen molar-refractivity contribution < 1.29 is 14.5 Å². The number of amidine groups is 1. The van der Waals surface area contributed by atoms with Crippen molar-refractivity contribution in [2.75, 3.05) is 7.11 Å². The molecule has 174 valence electrons. The van der Waals surface area contributed by atoms with E-state index in [2.05, 4.69) is 0 Å². The SMILES string of the molecule is COc1ccc(C2=NC(c3ccc([N+](=O)[O-])cc3)C(c3ccc(Cl)cc3)N2C(=O)C(C)C)cc1. The number of nitrogens with zero attached hydrogens (tertiary/aromatic N) is 3. The number of nitro groups is 1. The van der Waals surface area contributed by atoms with Crippen LogP contribution in [0.15, 0.2) is 77.8 Å². The maximum atomic E-state index is 13.5. The zero-order valence-electron chi connectivity index (χ0n) is 19.0. The third kappa shape index (κ3) is 4.52. The topological polar surface area (TPSA) is 85.0 Å². The highest BCUT2D eigenvalue weighted by Crippen LogP contribution is 2.44. The molecule has 0 saturated carbocycles. The normalized spacial score (nSPS) is 17.6. The number of rotatable bonds is 6. The van der Waals surface area contributed by atoms with Crippen molar-refractivity contribution in [3.8, 4) is 5.75 Å². The lowest BCUT2D eigenvalue weighted by atomic mass is 9.92. The number of halogens is 1. The van der Waals surface area contributed by atoms with E-state index in [9.17, 15) is 14.9 Å². The Labute approximate surface area is 202 Å². The summed E-state index contributed by atoms with van der Waals surface area (Å²) in [6, 6.07) is 20.2. The Hall–Kier alpha value is -3.71. The van der Waals surface area contributed by atoms with Crippen molar-refractivity contribution in [3.63, 3.8) is 0 Å². The van der Waals surface area contributed by atoms with Gasteiger partial charge in [0.1, 0.15) is 17.6 Å². The molecule has 1 aliphatic rings. The van der Waals surface area contributed by atoms with Crippen molar-refractivity contribution in [1.82, 2.24) is 4.90 Å². The Morgan fingerprint density at radius 3 is 2.12 bits per heavy atom. The highest BCUT2D eigenvalue weighted by atomic mass is 35.5. The van der Waals surface area contributed by atoms with Gasteiger partial charge in [-0.2, -0.15) is 0 Å². The zero-order valence-corrected chi connectivity index (χ0v) is 19.8. The van der Waals surface area contributed by atoms with Crippen molar-refractivity contribution in [3.05, 3.63) is 105 Å². The molecule has 3 aromatic carbocycles. The third-order valence-electron chi connectivity index (χ3n) is 5.80. The van der Waals surface area contributed by atoms with E-state index in [1.54, 1.807) is 36.3 Å². The van der Waals surface area contributed by atoms with Crippen molar-refractivity contribution in [1.29, 1.82) is 0 Å². The van der Waals surface area contributed by atoms with E-state index in [-0.39, 0.29) is 17.5 Å². The van der Waals surface area contributed by atoms with E-state index in [1.807, 2.05) is 50.2 Å². The predicted octanol–water partition coefficient (Wildman–Crippen LogP) is 5.98. The summed E-state index contributed by atoms with van der Waals surface area (Å²) in [7, 11) is 1.60. The number of amides is 1. The number of carbonyl (C=O) groups is 1. The fraction of sp³-hybridized carbons (Fsp3) is 0.231. The average Bonchev–Trinajstić information content (AvgIpc) is 3.24. The molecule has 3 aromatic rings. The fourth-order valence-electron chi connectivity index (χ4n) is 4.05. The Morgan fingerprint density at radius 2 is 1.59 bits per heavy atom. The molecule has 0 bridgehead atoms. The molecule has 1 amide bonds. The van der Waals surface area contributed by atoms with Gasteiger partial charge in [-0.25, -0.2) is 0 Å². The highest BCUT2D eigenvalue weighted by molar-refractivity contribution is 6.30. The molecule has 2 unspecified atom stereocenters. The van der Waals surface area contributed by atoms with Crippen LogP contribution in [-0.4, -0.2) is 28.7 Å². The van der Waals surface area contributed by atoms with Crippen LogP contribution < -0.4 is 4.74 Å². The van der Waals surface area contributed by atoms with Crippen molar-refractivity contribution in [2.45, 2.75) is 25.9 Å². The molecule has 2 atom stereocenters. The minimum absolute atomic E-state index is 0.000685. The molecular weight excluding hydrogens is 454 g/mol. The summed E-state index contributed by atoms with van der Waals surface area (Å²) in [5.74, 6) is 0.905. The lowest BCUT2D eigenvalue weighted by molar-refractivity contribution is -0.384. The summed E-state index contributed by atoms with van der Waals surface area (Å²) >= 11 is 6.14. The Morgan fingerprint density at radius 1 is 1.00 bits per heavy atom. The molecule has 8 heteroatoms. The molecular formula is C26H24ClN3O4. The van der Waals surface area contributed by atoms with Gasteiger partial charge in [-0.05, 0) is 59.7 Å². The first-order valence-electron chi connectivity index (χ1n) is 10.8. The first kappa shape index (κ1) is 23.4. The number of methoxy groups -OCH3 is 1. The molecule has 0 fully saturated rings. The fourth-order valence-corrected chi connectivity index (χ4v) is 4.18. The molecule has 7 nitrogen and oxygen atoms in total. The molecule has 34 heavy (non-hydrogen) atoms. The van der Waals surface area contributed by atoms with E-state index < -0.39 is 17.0 Å². The number of carbonyl (C=O) groups excluding carboxylic acids is 1. The van der Waals surface area contributed by atoms with Crippen LogP contribution in [-0.2, 0) is 4.79 Å². The summed E-state index contributed by atoms with van der Waals surface area (Å²) < 4.78 is 5.28. The molecule has 1 aliphatic heterocycles. The van der Waals surface area contributed by atoms with Crippen LogP contribution in [0.1, 0.15) is 42.6 Å². The van der Waals surface area contributed by atoms with Gasteiger partial charge in [0.05, 0.1) is 18.1 Å². The van der Waals surface area contributed by atoms with Crippen LogP contribution in [0.4, 0.5) is 5.69 Å². The average molecular weight is 478 g/mol. The minimum Gasteiger partial charge on any atom is -0.497 e. The van der Waals surface area contributed by atoms with Crippen molar-refractivity contribution >= 4 is 29.0 Å². The van der Waals surface area contributed by atoms with Gasteiger partial charge in [-0.15, -0.1) is 0 Å². The number of nitro benzene ring substituents is 1. The third-order valence-corrected chi connectivity index (χ3v) is 6.06. The zero-order chi connectivity index (χ0) is 24.4. The quantitative estimate of drug-likeness (QED) is 0.322. The molecule has 1 heterocycles. The van der Waals surface area contributed by atoms with Gasteiger partial charge in [-0.3, -0.25) is 24.8 Å². The van der Waals surface area contributed by atoms with E-state index in [0.717, 1.165) is 16.7 Å².